The average molecular weight is 371 g/mol. The second kappa shape index (κ2) is 6.17. The van der Waals surface area contributed by atoms with Crippen LogP contribution in [0.5, 0.6) is 0 Å². The van der Waals surface area contributed by atoms with Crippen LogP contribution in [0.2, 0.25) is 0 Å². The topological polar surface area (TPSA) is 12.0 Å². The molecule has 1 nitrogen and oxygen atoms in total. The van der Waals surface area contributed by atoms with E-state index in [4.69, 9.17) is 0 Å². The molecule has 4 rings (SSSR count). The van der Waals surface area contributed by atoms with Crippen LogP contribution in [-0.2, 0) is 11.3 Å². The Kier molecular flexibility index (Phi) is 4.15. The van der Waals surface area contributed by atoms with Crippen molar-refractivity contribution in [3.05, 3.63) is 64.5 Å². The predicted molar refractivity (Wildman–Crippen MR) is 109 cm³/mol. The molecule has 24 heavy (non-hydrogen) atoms. The minimum Gasteiger partial charge on any atom is -0.375 e. The molecule has 1 N–H and O–H groups in total. The molecular weight excluding hydrogens is 350 g/mol. The van der Waals surface area contributed by atoms with E-state index in [1.807, 2.05) is 32.4 Å². The van der Waals surface area contributed by atoms with Gasteiger partial charge in [0.2, 0.25) is 0 Å². The van der Waals surface area contributed by atoms with E-state index in [0.717, 1.165) is 5.75 Å². The highest BCUT2D eigenvalue weighted by Crippen LogP contribution is 2.53. The zero-order valence-electron chi connectivity index (χ0n) is 14.1. The van der Waals surface area contributed by atoms with Gasteiger partial charge in [-0.2, -0.15) is 0 Å². The lowest BCUT2D eigenvalue weighted by Gasteiger charge is -2.32. The fourth-order valence-electron chi connectivity index (χ4n) is 3.09. The van der Waals surface area contributed by atoms with Crippen LogP contribution in [-0.4, -0.2) is 0 Å². The van der Waals surface area contributed by atoms with E-state index in [2.05, 4.69) is 74.6 Å². The zero-order chi connectivity index (χ0) is 16.7. The number of anilines is 1. The summed E-state index contributed by atoms with van der Waals surface area (Å²) in [5.41, 5.74) is 6.75. The van der Waals surface area contributed by atoms with Gasteiger partial charge in [0.15, 0.2) is 10.3 Å². The number of fused-ring (bicyclic) bond motifs is 3. The van der Waals surface area contributed by atoms with Crippen molar-refractivity contribution in [2.45, 2.75) is 36.3 Å². The molecular formula is C20H20NS3+. The van der Waals surface area contributed by atoms with E-state index < -0.39 is 0 Å². The predicted octanol–water partition coefficient (Wildman–Crippen LogP) is 7.02. The molecule has 3 aromatic rings. The Labute approximate surface area is 155 Å². The van der Waals surface area contributed by atoms with Crippen LogP contribution in [0.3, 0.4) is 0 Å². The Balaban J connectivity index is 1.75. The molecule has 0 bridgehead atoms. The van der Waals surface area contributed by atoms with Crippen molar-refractivity contribution in [1.82, 2.24) is 0 Å². The van der Waals surface area contributed by atoms with Gasteiger partial charge in [-0.3, -0.25) is 0 Å². The molecule has 0 atom stereocenters. The molecule has 2 heterocycles. The van der Waals surface area contributed by atoms with Gasteiger partial charge in [-0.1, -0.05) is 53.7 Å². The molecule has 1 aromatic heterocycles. The van der Waals surface area contributed by atoms with Crippen molar-refractivity contribution in [3.63, 3.8) is 0 Å². The lowest BCUT2D eigenvalue weighted by atomic mass is 9.89. The van der Waals surface area contributed by atoms with Crippen molar-refractivity contribution in [1.29, 1.82) is 0 Å². The quantitative estimate of drug-likeness (QED) is 0.302. The van der Waals surface area contributed by atoms with Crippen LogP contribution in [0.15, 0.2) is 52.7 Å². The molecule has 1 aliphatic heterocycles. The van der Waals surface area contributed by atoms with E-state index in [-0.39, 0.29) is 5.54 Å². The Morgan fingerprint density at radius 1 is 1.12 bits per heavy atom. The SMILES string of the molecule is Cc1ccc2c(c1)-c1c(s[s+]c1SCc1ccccc1)C(C)(C)N2. The molecule has 122 valence electrons. The van der Waals surface area contributed by atoms with Gasteiger partial charge in [0.1, 0.15) is 4.88 Å². The van der Waals surface area contributed by atoms with Crippen LogP contribution in [0.4, 0.5) is 5.69 Å². The number of rotatable bonds is 3. The standard InChI is InChI=1S/C20H20NS3/c1-13-9-10-16-15(11-13)17-18(20(2,3)21-16)23-24-19(17)22-12-14-7-5-4-6-8-14/h4-11,21H,12H2,1-3H3/q+1. The Bertz CT molecular complexity index is 881. The van der Waals surface area contributed by atoms with Crippen LogP contribution in [0, 0.1) is 6.92 Å². The molecule has 1 aliphatic rings. The summed E-state index contributed by atoms with van der Waals surface area (Å²) in [4.78, 5) is 1.46. The molecule has 2 aromatic carbocycles. The van der Waals surface area contributed by atoms with Gasteiger partial charge in [0.25, 0.3) is 4.21 Å². The molecule has 0 saturated carbocycles. The Hall–Kier alpha value is -1.36. The van der Waals surface area contributed by atoms with Crippen molar-refractivity contribution >= 4 is 38.1 Å². The number of thioether (sulfide) groups is 1. The summed E-state index contributed by atoms with van der Waals surface area (Å²) in [5, 5.41) is 3.71. The third kappa shape index (κ3) is 2.87. The number of nitrogens with one attached hydrogen (secondary N) is 1. The summed E-state index contributed by atoms with van der Waals surface area (Å²) in [6, 6.07) is 17.5. The first-order chi connectivity index (χ1) is 11.5. The minimum atomic E-state index is -0.00961. The first kappa shape index (κ1) is 16.1. The normalized spacial score (nSPS) is 14.6. The van der Waals surface area contributed by atoms with Crippen LogP contribution in [0.25, 0.3) is 11.1 Å². The summed E-state index contributed by atoms with van der Waals surface area (Å²) in [5.74, 6) is 1.02. The van der Waals surface area contributed by atoms with Crippen molar-refractivity contribution in [2.24, 2.45) is 0 Å². The molecule has 0 saturated heterocycles. The summed E-state index contributed by atoms with van der Waals surface area (Å²) >= 11 is 1.97. The zero-order valence-corrected chi connectivity index (χ0v) is 16.5. The first-order valence-corrected chi connectivity index (χ1v) is 11.2. The molecule has 0 amide bonds. The second-order valence-corrected chi connectivity index (χ2v) is 10.1. The highest BCUT2D eigenvalue weighted by atomic mass is 32.9. The molecule has 0 aliphatic carbocycles. The lowest BCUT2D eigenvalue weighted by molar-refractivity contribution is 0.619. The second-order valence-electron chi connectivity index (χ2n) is 6.73. The summed E-state index contributed by atoms with van der Waals surface area (Å²) in [6.07, 6.45) is 0. The summed E-state index contributed by atoms with van der Waals surface area (Å²) in [7, 11) is 3.84. The third-order valence-electron chi connectivity index (χ3n) is 4.30. The number of hydrogen-bond acceptors (Lipinski definition) is 3. The van der Waals surface area contributed by atoms with E-state index in [9.17, 15) is 0 Å². The van der Waals surface area contributed by atoms with Crippen molar-refractivity contribution in [3.8, 4) is 11.1 Å². The van der Waals surface area contributed by atoms with Gasteiger partial charge in [-0.05, 0) is 38.5 Å². The molecule has 0 unspecified atom stereocenters. The highest BCUT2D eigenvalue weighted by molar-refractivity contribution is 8.02. The van der Waals surface area contributed by atoms with E-state index in [1.54, 1.807) is 0 Å². The largest absolute Gasteiger partial charge is 0.375 e. The van der Waals surface area contributed by atoms with E-state index in [0.29, 0.717) is 0 Å². The van der Waals surface area contributed by atoms with Gasteiger partial charge in [0.05, 0.1) is 11.1 Å². The molecule has 0 radical (unpaired) electrons. The van der Waals surface area contributed by atoms with Crippen LogP contribution >= 0.6 is 32.4 Å². The monoisotopic (exact) mass is 370 g/mol. The first-order valence-electron chi connectivity index (χ1n) is 8.07. The maximum atomic E-state index is 3.71. The maximum absolute atomic E-state index is 3.71. The van der Waals surface area contributed by atoms with Gasteiger partial charge >= 0.3 is 10.3 Å². The summed E-state index contributed by atoms with van der Waals surface area (Å²) < 4.78 is 1.44. The van der Waals surface area contributed by atoms with Gasteiger partial charge in [-0.25, -0.2) is 0 Å². The van der Waals surface area contributed by atoms with Crippen LogP contribution in [0.1, 0.15) is 29.9 Å². The van der Waals surface area contributed by atoms with Crippen molar-refractivity contribution < 1.29 is 0 Å². The fourth-order valence-corrected chi connectivity index (χ4v) is 7.79. The third-order valence-corrected chi connectivity index (χ3v) is 8.74. The van der Waals surface area contributed by atoms with Crippen LogP contribution < -0.4 is 5.32 Å². The van der Waals surface area contributed by atoms with Gasteiger partial charge in [-0.15, -0.1) is 0 Å². The highest BCUT2D eigenvalue weighted by Gasteiger charge is 2.39. The maximum Gasteiger partial charge on any atom is 0.308 e. The lowest BCUT2D eigenvalue weighted by Crippen LogP contribution is -2.30. The minimum absolute atomic E-state index is 0.00961. The average Bonchev–Trinajstić information content (AvgIpc) is 3.00. The van der Waals surface area contributed by atoms with Crippen molar-refractivity contribution in [2.75, 3.05) is 5.32 Å². The van der Waals surface area contributed by atoms with E-state index in [1.165, 1.54) is 37.0 Å². The Morgan fingerprint density at radius 2 is 1.92 bits per heavy atom. The Morgan fingerprint density at radius 3 is 2.71 bits per heavy atom. The summed E-state index contributed by atoms with van der Waals surface area (Å²) in [6.45, 7) is 6.74. The van der Waals surface area contributed by atoms with Gasteiger partial charge < -0.3 is 5.32 Å². The number of aryl methyl sites for hydroxylation is 1. The molecule has 0 fully saturated rings. The van der Waals surface area contributed by atoms with E-state index >= 15 is 0 Å². The fraction of sp³-hybridized carbons (Fsp3) is 0.250. The number of benzene rings is 2. The molecule has 0 spiro atoms. The smallest absolute Gasteiger partial charge is 0.308 e. The number of hydrogen-bond donors (Lipinski definition) is 1. The molecule has 4 heteroatoms. The van der Waals surface area contributed by atoms with Gasteiger partial charge in [0, 0.05) is 17.0 Å².